The van der Waals surface area contributed by atoms with E-state index >= 15 is 0 Å². The fourth-order valence-corrected chi connectivity index (χ4v) is 6.11. The molecule has 0 radical (unpaired) electrons. The number of hydrogen-bond donors (Lipinski definition) is 1. The van der Waals surface area contributed by atoms with Crippen molar-refractivity contribution in [1.29, 1.82) is 0 Å². The predicted molar refractivity (Wildman–Crippen MR) is 91.2 cm³/mol. The van der Waals surface area contributed by atoms with E-state index in [1.54, 1.807) is 0 Å². The summed E-state index contributed by atoms with van der Waals surface area (Å²) in [5.74, 6) is 0. The largest absolute Gasteiger partial charge is 0.294 e. The third-order valence-corrected chi connectivity index (χ3v) is 7.47. The number of aromatic nitrogens is 1. The summed E-state index contributed by atoms with van der Waals surface area (Å²) in [5, 5.41) is 4.06. The van der Waals surface area contributed by atoms with Crippen LogP contribution < -0.4 is 15.1 Å². The molecule has 0 aliphatic heterocycles. The van der Waals surface area contributed by atoms with Gasteiger partial charge in [0.05, 0.1) is 10.2 Å². The second-order valence-electron chi connectivity index (χ2n) is 4.82. The van der Waals surface area contributed by atoms with Crippen LogP contribution in [0.3, 0.4) is 0 Å². The van der Waals surface area contributed by atoms with Crippen LogP contribution >= 0.6 is 18.6 Å². The van der Waals surface area contributed by atoms with Crippen molar-refractivity contribution < 1.29 is 4.57 Å². The second-order valence-corrected chi connectivity index (χ2v) is 8.63. The number of benzene rings is 2. The number of para-hydroxylation sites is 1. The van der Waals surface area contributed by atoms with Gasteiger partial charge in [0, 0.05) is 11.8 Å². The first-order chi connectivity index (χ1) is 10.2. The van der Waals surface area contributed by atoms with Crippen molar-refractivity contribution in [2.45, 2.75) is 13.3 Å². The van der Waals surface area contributed by atoms with Gasteiger partial charge in [-0.3, -0.25) is 9.65 Å². The molecule has 2 aromatic carbocycles. The Bertz CT molecular complexity index is 752. The van der Waals surface area contributed by atoms with Crippen molar-refractivity contribution in [3.8, 4) is 0 Å². The number of thiazole rings is 1. The minimum absolute atomic E-state index is 0.684. The van der Waals surface area contributed by atoms with Crippen molar-refractivity contribution in [2.75, 3.05) is 6.54 Å². The summed E-state index contributed by atoms with van der Waals surface area (Å²) in [4.78, 5) is 4.61. The van der Waals surface area contributed by atoms with E-state index < -0.39 is 7.29 Å². The van der Waals surface area contributed by atoms with Crippen molar-refractivity contribution >= 4 is 38.9 Å². The van der Waals surface area contributed by atoms with Crippen LogP contribution in [0.25, 0.3) is 10.2 Å². The first kappa shape index (κ1) is 14.5. The van der Waals surface area contributed by atoms with Gasteiger partial charge >= 0.3 is 0 Å². The average Bonchev–Trinajstić information content (AvgIpc) is 2.98. The molecule has 0 saturated heterocycles. The maximum absolute atomic E-state index is 13.6. The molecular weight excluding hydrogens is 299 g/mol. The molecule has 0 amide bonds. The van der Waals surface area contributed by atoms with Gasteiger partial charge in [0.2, 0.25) is 7.29 Å². The summed E-state index contributed by atoms with van der Waals surface area (Å²) < 4.78 is 15.3. The SMILES string of the molecule is CCCNP(=O)(c1ccccc1)c1nc2ccccc2s1. The van der Waals surface area contributed by atoms with E-state index in [1.807, 2.05) is 54.6 Å². The highest BCUT2D eigenvalue weighted by molar-refractivity contribution is 7.81. The Labute approximate surface area is 128 Å². The highest BCUT2D eigenvalue weighted by Crippen LogP contribution is 2.41. The molecule has 0 bridgehead atoms. The van der Waals surface area contributed by atoms with Crippen molar-refractivity contribution in [3.63, 3.8) is 0 Å². The minimum atomic E-state index is -2.86. The van der Waals surface area contributed by atoms with Crippen LogP contribution in [0.5, 0.6) is 0 Å². The summed E-state index contributed by atoms with van der Waals surface area (Å²) in [6.07, 6.45) is 0.932. The Balaban J connectivity index is 2.12. The Morgan fingerprint density at radius 2 is 1.81 bits per heavy atom. The van der Waals surface area contributed by atoms with E-state index in [0.717, 1.165) is 21.9 Å². The summed E-state index contributed by atoms with van der Waals surface area (Å²) >= 11 is 1.51. The lowest BCUT2D eigenvalue weighted by Crippen LogP contribution is -2.27. The van der Waals surface area contributed by atoms with Gasteiger partial charge in [-0.25, -0.2) is 4.98 Å². The molecule has 3 nitrogen and oxygen atoms in total. The number of nitrogens with zero attached hydrogens (tertiary/aromatic N) is 1. The van der Waals surface area contributed by atoms with Gasteiger partial charge in [0.1, 0.15) is 0 Å². The Hall–Kier alpha value is -1.48. The molecule has 1 atom stereocenters. The standard InChI is InChI=1S/C16H17N2OPS/c1-2-12-17-20(19,13-8-4-3-5-9-13)16-18-14-10-6-7-11-15(14)21-16/h3-11H,2,12H2,1H3,(H,17,19). The molecule has 0 aliphatic rings. The summed E-state index contributed by atoms with van der Waals surface area (Å²) in [7, 11) is -2.86. The molecule has 21 heavy (non-hydrogen) atoms. The molecule has 1 heterocycles. The third-order valence-electron chi connectivity index (χ3n) is 3.26. The van der Waals surface area contributed by atoms with Crippen LogP contribution in [-0.2, 0) is 4.57 Å². The van der Waals surface area contributed by atoms with Gasteiger partial charge in [-0.05, 0) is 30.7 Å². The van der Waals surface area contributed by atoms with Crippen LogP contribution in [0, 0.1) is 0 Å². The van der Waals surface area contributed by atoms with E-state index in [0.29, 0.717) is 11.3 Å². The summed E-state index contributed by atoms with van der Waals surface area (Å²) in [6.45, 7) is 2.78. The monoisotopic (exact) mass is 316 g/mol. The van der Waals surface area contributed by atoms with Gasteiger partial charge in [-0.2, -0.15) is 0 Å². The minimum Gasteiger partial charge on any atom is -0.294 e. The van der Waals surface area contributed by atoms with Crippen LogP contribution in [0.1, 0.15) is 13.3 Å². The van der Waals surface area contributed by atoms with Gasteiger partial charge < -0.3 is 0 Å². The zero-order chi connectivity index (χ0) is 14.7. The van der Waals surface area contributed by atoms with Crippen molar-refractivity contribution in [1.82, 2.24) is 10.1 Å². The quantitative estimate of drug-likeness (QED) is 0.732. The smallest absolute Gasteiger partial charge is 0.232 e. The van der Waals surface area contributed by atoms with Gasteiger partial charge in [-0.15, -0.1) is 11.3 Å². The first-order valence-corrected chi connectivity index (χ1v) is 9.53. The van der Waals surface area contributed by atoms with Gasteiger partial charge in [0.15, 0.2) is 4.75 Å². The first-order valence-electron chi connectivity index (χ1n) is 7.01. The molecule has 108 valence electrons. The average molecular weight is 316 g/mol. The molecule has 1 N–H and O–H groups in total. The summed E-state index contributed by atoms with van der Waals surface area (Å²) in [5.41, 5.74) is 0.909. The molecule has 3 rings (SSSR count). The van der Waals surface area contributed by atoms with Crippen LogP contribution in [0.15, 0.2) is 54.6 Å². The Morgan fingerprint density at radius 3 is 2.52 bits per heavy atom. The predicted octanol–water partition coefficient (Wildman–Crippen LogP) is 3.52. The maximum Gasteiger partial charge on any atom is 0.232 e. The highest BCUT2D eigenvalue weighted by atomic mass is 32.1. The lowest BCUT2D eigenvalue weighted by atomic mass is 10.3. The molecule has 0 fully saturated rings. The molecular formula is C16H17N2OPS. The number of rotatable bonds is 5. The van der Waals surface area contributed by atoms with Crippen LogP contribution in [0.2, 0.25) is 0 Å². The Kier molecular flexibility index (Phi) is 4.20. The van der Waals surface area contributed by atoms with Crippen molar-refractivity contribution in [2.24, 2.45) is 0 Å². The number of hydrogen-bond acceptors (Lipinski definition) is 3. The molecule has 0 saturated carbocycles. The molecule has 1 unspecified atom stereocenters. The lowest BCUT2D eigenvalue weighted by Gasteiger charge is -2.17. The zero-order valence-corrected chi connectivity index (χ0v) is 13.5. The van der Waals surface area contributed by atoms with E-state index in [4.69, 9.17) is 0 Å². The lowest BCUT2D eigenvalue weighted by molar-refractivity contribution is 0.577. The topological polar surface area (TPSA) is 42.0 Å². The van der Waals surface area contributed by atoms with E-state index in [2.05, 4.69) is 17.0 Å². The van der Waals surface area contributed by atoms with E-state index in [9.17, 15) is 4.57 Å². The molecule has 0 aliphatic carbocycles. The fraction of sp³-hybridized carbons (Fsp3) is 0.188. The number of fused-ring (bicyclic) bond motifs is 1. The molecule has 5 heteroatoms. The molecule has 0 spiro atoms. The third kappa shape index (κ3) is 2.80. The van der Waals surface area contributed by atoms with E-state index in [-0.39, 0.29) is 0 Å². The van der Waals surface area contributed by atoms with Gasteiger partial charge in [0.25, 0.3) is 0 Å². The molecule has 1 aromatic heterocycles. The second kappa shape index (κ2) is 6.10. The van der Waals surface area contributed by atoms with Gasteiger partial charge in [-0.1, -0.05) is 37.3 Å². The summed E-state index contributed by atoms with van der Waals surface area (Å²) in [6, 6.07) is 17.5. The maximum atomic E-state index is 13.6. The van der Waals surface area contributed by atoms with Crippen LogP contribution in [-0.4, -0.2) is 11.5 Å². The highest BCUT2D eigenvalue weighted by Gasteiger charge is 2.30. The van der Waals surface area contributed by atoms with Crippen molar-refractivity contribution in [3.05, 3.63) is 54.6 Å². The van der Waals surface area contributed by atoms with E-state index in [1.165, 1.54) is 11.3 Å². The number of nitrogens with one attached hydrogen (secondary N) is 1. The van der Waals surface area contributed by atoms with Crippen LogP contribution in [0.4, 0.5) is 0 Å². The molecule has 3 aromatic rings. The Morgan fingerprint density at radius 1 is 1.10 bits per heavy atom. The fourth-order valence-electron chi connectivity index (χ4n) is 2.17. The zero-order valence-electron chi connectivity index (χ0n) is 11.8. The normalized spacial score (nSPS) is 14.1.